The van der Waals surface area contributed by atoms with E-state index in [4.69, 9.17) is 50.0 Å². The van der Waals surface area contributed by atoms with Crippen molar-refractivity contribution >= 4 is 88.4 Å². The molecule has 4 aromatic carbocycles. The second kappa shape index (κ2) is 8.25. The molecule has 8 nitrogen and oxygen atoms in total. The standard InChI is InChI=1S/C32H16Cl2GeN8/c33-35(34)42-29-21-13-5-7-15-23(21)31(42)41-32-24-16-8-6-14-22(24)30(43(32)35)40-28-20-12-4-2-10-18(20)26(38-28)36-25-17-9-1-3-11-19(17)27(37-25)39-29/h1-16H. The van der Waals surface area contributed by atoms with Crippen molar-refractivity contribution in [2.24, 2.45) is 30.0 Å². The summed E-state index contributed by atoms with van der Waals surface area (Å²) in [6.07, 6.45) is 0. The fourth-order valence-electron chi connectivity index (χ4n) is 6.41. The number of nitrogens with zero attached hydrogens (tertiary/aromatic N) is 8. The van der Waals surface area contributed by atoms with Crippen LogP contribution in [0.3, 0.4) is 0 Å². The van der Waals surface area contributed by atoms with Gasteiger partial charge >= 0.3 is 256 Å². The van der Waals surface area contributed by atoms with E-state index in [1.165, 1.54) is 0 Å². The van der Waals surface area contributed by atoms with Gasteiger partial charge in [-0.1, -0.05) is 0 Å². The average Bonchev–Trinajstić information content (AvgIpc) is 3.75. The van der Waals surface area contributed by atoms with Crippen LogP contribution in [0.15, 0.2) is 127 Å². The summed E-state index contributed by atoms with van der Waals surface area (Å²) >= 11 is -4.36. The van der Waals surface area contributed by atoms with Gasteiger partial charge in [0, 0.05) is 0 Å². The number of hydrogen-bond donors (Lipinski definition) is 0. The summed E-state index contributed by atoms with van der Waals surface area (Å²) in [4.78, 5) is 30.5. The van der Waals surface area contributed by atoms with Crippen molar-refractivity contribution in [2.45, 2.75) is 0 Å². The number of fused-ring (bicyclic) bond motifs is 14. The van der Waals surface area contributed by atoms with Crippen LogP contribution in [-0.4, -0.2) is 42.2 Å². The average molecular weight is 656 g/mol. The van der Waals surface area contributed by atoms with E-state index >= 15 is 0 Å². The van der Waals surface area contributed by atoms with Gasteiger partial charge in [-0.15, -0.1) is 0 Å². The Hall–Kier alpha value is -4.64. The monoisotopic (exact) mass is 656 g/mol. The summed E-state index contributed by atoms with van der Waals surface area (Å²) in [6, 6.07) is 32.0. The molecule has 0 N–H and O–H groups in total. The Bertz CT molecular complexity index is 2550. The molecule has 0 atom stereocenters. The van der Waals surface area contributed by atoms with Crippen LogP contribution in [-0.2, 0) is 0 Å². The molecule has 2 aromatic heterocycles. The quantitative estimate of drug-likeness (QED) is 0.184. The number of aromatic nitrogens is 2. The molecule has 0 spiro atoms. The van der Waals surface area contributed by atoms with Crippen molar-refractivity contribution in [3.05, 3.63) is 130 Å². The van der Waals surface area contributed by atoms with Gasteiger partial charge in [0.05, 0.1) is 0 Å². The summed E-state index contributed by atoms with van der Waals surface area (Å²) in [5.41, 5.74) is 4.82. The molecule has 43 heavy (non-hydrogen) atoms. The summed E-state index contributed by atoms with van der Waals surface area (Å²) in [7, 11) is 15.4. The Morgan fingerprint density at radius 1 is 0.395 bits per heavy atom. The predicted molar refractivity (Wildman–Crippen MR) is 173 cm³/mol. The van der Waals surface area contributed by atoms with Gasteiger partial charge in [0.1, 0.15) is 0 Å². The molecule has 0 aliphatic carbocycles. The van der Waals surface area contributed by atoms with Crippen molar-refractivity contribution in [1.29, 1.82) is 0 Å². The molecule has 0 amide bonds. The van der Waals surface area contributed by atoms with Gasteiger partial charge in [0.15, 0.2) is 0 Å². The fourth-order valence-corrected chi connectivity index (χ4v) is 13.7. The number of halogens is 2. The van der Waals surface area contributed by atoms with Gasteiger partial charge in [-0.05, 0) is 0 Å². The zero-order valence-electron chi connectivity index (χ0n) is 22.1. The van der Waals surface area contributed by atoms with Crippen molar-refractivity contribution < 1.29 is 0 Å². The van der Waals surface area contributed by atoms with E-state index in [-0.39, 0.29) is 0 Å². The second-order valence-corrected chi connectivity index (χ2v) is 21.1. The van der Waals surface area contributed by atoms with Crippen LogP contribution >= 0.6 is 20.0 Å². The number of rotatable bonds is 0. The van der Waals surface area contributed by atoms with Crippen molar-refractivity contribution in [3.63, 3.8) is 0 Å². The molecule has 202 valence electrons. The van der Waals surface area contributed by atoms with Gasteiger partial charge in [-0.3, -0.25) is 0 Å². The summed E-state index contributed by atoms with van der Waals surface area (Å²) in [6.45, 7) is 0. The molecule has 6 aromatic rings. The number of aliphatic imine (C=N–C) groups is 4. The molecule has 4 aliphatic heterocycles. The van der Waals surface area contributed by atoms with Gasteiger partial charge < -0.3 is 0 Å². The summed E-state index contributed by atoms with van der Waals surface area (Å²) in [5.74, 6) is 3.47. The molecule has 0 radical (unpaired) electrons. The Morgan fingerprint density at radius 2 is 0.767 bits per heavy atom. The molecule has 6 bridgehead atoms. The zero-order chi connectivity index (χ0) is 28.4. The second-order valence-electron chi connectivity index (χ2n) is 10.6. The van der Waals surface area contributed by atoms with Crippen LogP contribution in [0.25, 0.3) is 21.5 Å². The zero-order valence-corrected chi connectivity index (χ0v) is 25.7. The third kappa shape index (κ3) is 3.07. The van der Waals surface area contributed by atoms with E-state index in [1.54, 1.807) is 0 Å². The van der Waals surface area contributed by atoms with E-state index in [1.807, 2.05) is 104 Å². The Labute approximate surface area is 254 Å². The maximum absolute atomic E-state index is 7.69. The fraction of sp³-hybridized carbons (Fsp3) is 0. The predicted octanol–water partition coefficient (Wildman–Crippen LogP) is 5.85. The molecule has 10 rings (SSSR count). The van der Waals surface area contributed by atoms with Crippen molar-refractivity contribution in [3.8, 4) is 0 Å². The molecular formula is C32H16Cl2GeN8. The third-order valence-corrected chi connectivity index (χ3v) is 15.8. The summed E-state index contributed by atoms with van der Waals surface area (Å²) < 4.78 is 3.90. The SMILES string of the molecule is [Cl][Ge]1([Cl])[n]2c3c4ccccc4c2N=c2c4ccccc4c([n]21)=NC1=NC(=NC2=NC(=N3)c3ccccc32)c2ccccc21. The van der Waals surface area contributed by atoms with Gasteiger partial charge in [0.25, 0.3) is 0 Å². The Kier molecular flexibility index (Phi) is 4.58. The molecule has 4 aliphatic rings. The number of hydrogen-bond acceptors (Lipinski definition) is 6. The van der Waals surface area contributed by atoms with Crippen molar-refractivity contribution in [1.82, 2.24) is 7.05 Å². The maximum atomic E-state index is 7.69. The Morgan fingerprint density at radius 3 is 1.28 bits per heavy atom. The van der Waals surface area contributed by atoms with Gasteiger partial charge in [0.2, 0.25) is 0 Å². The summed E-state index contributed by atoms with van der Waals surface area (Å²) in [5, 5.41) is 3.64. The van der Waals surface area contributed by atoms with Crippen LogP contribution in [0.1, 0.15) is 22.3 Å². The van der Waals surface area contributed by atoms with Crippen LogP contribution in [0, 0.1) is 0 Å². The van der Waals surface area contributed by atoms with E-state index in [0.29, 0.717) is 46.0 Å². The van der Waals surface area contributed by atoms with Crippen molar-refractivity contribution in [2.75, 3.05) is 0 Å². The van der Waals surface area contributed by atoms with Crippen LogP contribution < -0.4 is 11.0 Å². The molecule has 0 saturated heterocycles. The molecule has 0 saturated carbocycles. The van der Waals surface area contributed by atoms with Gasteiger partial charge in [-0.25, -0.2) is 0 Å². The van der Waals surface area contributed by atoms with E-state index in [2.05, 4.69) is 0 Å². The van der Waals surface area contributed by atoms with E-state index in [9.17, 15) is 0 Å². The first-order valence-corrected chi connectivity index (χ1v) is 21.1. The molecule has 0 unspecified atom stereocenters. The molecule has 6 heterocycles. The van der Waals surface area contributed by atoms with E-state index in [0.717, 1.165) is 43.8 Å². The first-order chi connectivity index (χ1) is 21.1. The van der Waals surface area contributed by atoms with E-state index < -0.39 is 11.9 Å². The first kappa shape index (κ1) is 23.9. The number of amidine groups is 4. The van der Waals surface area contributed by atoms with Crippen LogP contribution in [0.2, 0.25) is 0 Å². The molecule has 11 heteroatoms. The third-order valence-electron chi connectivity index (χ3n) is 8.29. The molecular weight excluding hydrogens is 640 g/mol. The number of benzene rings is 4. The van der Waals surface area contributed by atoms with Gasteiger partial charge in [-0.2, -0.15) is 0 Å². The molecule has 0 fully saturated rings. The minimum absolute atomic E-state index is 0.536. The minimum atomic E-state index is -4.36. The first-order valence-electron chi connectivity index (χ1n) is 13.7. The topological polar surface area (TPSA) is 84.0 Å². The Balaban J connectivity index is 1.45. The van der Waals surface area contributed by atoms with Crippen LogP contribution in [0.5, 0.6) is 0 Å². The van der Waals surface area contributed by atoms with Crippen LogP contribution in [0.4, 0.5) is 11.6 Å². The normalized spacial score (nSPS) is 16.8.